The summed E-state index contributed by atoms with van der Waals surface area (Å²) in [6.45, 7) is 3.63. The van der Waals surface area contributed by atoms with Crippen LogP contribution in [0.4, 0.5) is 5.69 Å². The van der Waals surface area contributed by atoms with Gasteiger partial charge in [0.15, 0.2) is 11.5 Å². The number of nitriles is 1. The first-order valence-corrected chi connectivity index (χ1v) is 9.13. The van der Waals surface area contributed by atoms with Gasteiger partial charge in [-0.1, -0.05) is 17.7 Å². The number of aryl methyl sites for hydroxylation is 3. The number of nitrogens with one attached hydrogen (secondary N) is 1. The molecule has 0 spiro atoms. The van der Waals surface area contributed by atoms with Crippen LogP contribution in [-0.2, 0) is 18.4 Å². The summed E-state index contributed by atoms with van der Waals surface area (Å²) in [7, 11) is 1.68. The Bertz CT molecular complexity index is 1370. The molecule has 0 aliphatic rings. The van der Waals surface area contributed by atoms with Gasteiger partial charge in [0.25, 0.3) is 5.56 Å². The van der Waals surface area contributed by atoms with Gasteiger partial charge in [0.2, 0.25) is 11.7 Å². The number of carbonyl (C=O) groups excluding carboxylic acids is 1. The zero-order valence-electron chi connectivity index (χ0n) is 16.6. The maximum absolute atomic E-state index is 12.6. The zero-order chi connectivity index (χ0) is 21.4. The SMILES string of the molecule is Cc1ccc(NC(=O)Cn2c(C)cc(=O)n3nc(-c4cn(C)nc4C#N)nc23)cc1. The lowest BCUT2D eigenvalue weighted by Crippen LogP contribution is -2.25. The van der Waals surface area contributed by atoms with E-state index >= 15 is 0 Å². The minimum atomic E-state index is -0.376. The van der Waals surface area contributed by atoms with Gasteiger partial charge in [-0.05, 0) is 26.0 Å². The highest BCUT2D eigenvalue weighted by Crippen LogP contribution is 2.19. The highest BCUT2D eigenvalue weighted by Gasteiger charge is 2.19. The van der Waals surface area contributed by atoms with Gasteiger partial charge in [0.1, 0.15) is 12.6 Å². The van der Waals surface area contributed by atoms with Crippen LogP contribution in [0.15, 0.2) is 41.3 Å². The van der Waals surface area contributed by atoms with Crippen molar-refractivity contribution < 1.29 is 4.79 Å². The minimum absolute atomic E-state index is 0.0558. The summed E-state index contributed by atoms with van der Waals surface area (Å²) >= 11 is 0. The van der Waals surface area contributed by atoms with E-state index in [2.05, 4.69) is 20.5 Å². The number of anilines is 1. The molecule has 0 unspecified atom stereocenters. The van der Waals surface area contributed by atoms with Gasteiger partial charge < -0.3 is 9.88 Å². The van der Waals surface area contributed by atoms with Gasteiger partial charge in [0.05, 0.1) is 5.56 Å². The van der Waals surface area contributed by atoms with E-state index in [1.807, 2.05) is 37.3 Å². The molecular weight excluding hydrogens is 384 g/mol. The number of benzene rings is 1. The number of hydrogen-bond donors (Lipinski definition) is 1. The second kappa shape index (κ2) is 7.29. The molecule has 10 heteroatoms. The van der Waals surface area contributed by atoms with E-state index in [1.165, 1.54) is 10.7 Å². The predicted octanol–water partition coefficient (Wildman–Crippen LogP) is 1.42. The van der Waals surface area contributed by atoms with Gasteiger partial charge in [0, 0.05) is 30.7 Å². The Morgan fingerprint density at radius 2 is 1.93 bits per heavy atom. The van der Waals surface area contributed by atoms with Crippen molar-refractivity contribution in [3.63, 3.8) is 0 Å². The van der Waals surface area contributed by atoms with Crippen LogP contribution in [-0.4, -0.2) is 34.9 Å². The Morgan fingerprint density at radius 3 is 2.63 bits per heavy atom. The van der Waals surface area contributed by atoms with Crippen LogP contribution < -0.4 is 10.9 Å². The summed E-state index contributed by atoms with van der Waals surface area (Å²) in [4.78, 5) is 29.5. The Balaban J connectivity index is 1.73. The van der Waals surface area contributed by atoms with E-state index in [-0.39, 0.29) is 35.3 Å². The molecule has 3 aromatic heterocycles. The summed E-state index contributed by atoms with van der Waals surface area (Å²) in [6, 6.07) is 10.8. The van der Waals surface area contributed by atoms with Gasteiger partial charge in [-0.3, -0.25) is 14.3 Å². The number of nitrogens with zero attached hydrogens (tertiary/aromatic N) is 7. The Kier molecular flexibility index (Phi) is 4.63. The van der Waals surface area contributed by atoms with Gasteiger partial charge in [-0.25, -0.2) is 0 Å². The molecule has 0 fully saturated rings. The molecule has 150 valence electrons. The van der Waals surface area contributed by atoms with E-state index in [0.29, 0.717) is 16.9 Å². The van der Waals surface area contributed by atoms with Crippen molar-refractivity contribution >= 4 is 17.4 Å². The summed E-state index contributed by atoms with van der Waals surface area (Å²) in [6.07, 6.45) is 1.61. The maximum Gasteiger partial charge on any atom is 0.275 e. The molecule has 1 aromatic carbocycles. The van der Waals surface area contributed by atoms with E-state index in [9.17, 15) is 14.9 Å². The van der Waals surface area contributed by atoms with E-state index in [1.54, 1.807) is 24.7 Å². The van der Waals surface area contributed by atoms with Crippen molar-refractivity contribution in [1.29, 1.82) is 5.26 Å². The Morgan fingerprint density at radius 1 is 1.20 bits per heavy atom. The van der Waals surface area contributed by atoms with Crippen LogP contribution in [0.25, 0.3) is 17.2 Å². The van der Waals surface area contributed by atoms with Crippen molar-refractivity contribution in [1.82, 2.24) is 28.9 Å². The van der Waals surface area contributed by atoms with Crippen LogP contribution >= 0.6 is 0 Å². The third-order valence-electron chi connectivity index (χ3n) is 4.61. The van der Waals surface area contributed by atoms with Crippen molar-refractivity contribution in [3.8, 4) is 17.5 Å². The first-order chi connectivity index (χ1) is 14.4. The van der Waals surface area contributed by atoms with Crippen LogP contribution in [0.2, 0.25) is 0 Å². The summed E-state index contributed by atoms with van der Waals surface area (Å²) in [5, 5.41) is 20.4. The number of aromatic nitrogens is 6. The predicted molar refractivity (Wildman–Crippen MR) is 109 cm³/mol. The molecule has 0 aliphatic heterocycles. The van der Waals surface area contributed by atoms with Crippen LogP contribution in [0.5, 0.6) is 0 Å². The Hall–Kier alpha value is -4.26. The molecule has 0 radical (unpaired) electrons. The topological polar surface area (TPSA) is 123 Å². The largest absolute Gasteiger partial charge is 0.325 e. The summed E-state index contributed by atoms with van der Waals surface area (Å²) in [5.74, 6) is 0.132. The van der Waals surface area contributed by atoms with Crippen molar-refractivity contribution in [2.45, 2.75) is 20.4 Å². The minimum Gasteiger partial charge on any atom is -0.325 e. The number of hydrogen-bond acceptors (Lipinski definition) is 6. The van der Waals surface area contributed by atoms with Gasteiger partial charge in [-0.2, -0.15) is 19.9 Å². The second-order valence-corrected chi connectivity index (χ2v) is 6.95. The average molecular weight is 402 g/mol. The van der Waals surface area contributed by atoms with Crippen LogP contribution in [0.1, 0.15) is 17.0 Å². The van der Waals surface area contributed by atoms with Crippen molar-refractivity contribution in [2.75, 3.05) is 5.32 Å². The number of carbonyl (C=O) groups is 1. The first-order valence-electron chi connectivity index (χ1n) is 9.13. The van der Waals surface area contributed by atoms with Crippen LogP contribution in [0, 0.1) is 25.2 Å². The third kappa shape index (κ3) is 3.44. The van der Waals surface area contributed by atoms with E-state index < -0.39 is 0 Å². The average Bonchev–Trinajstić information content (AvgIpc) is 3.30. The third-order valence-corrected chi connectivity index (χ3v) is 4.61. The Labute approximate surface area is 171 Å². The zero-order valence-corrected chi connectivity index (χ0v) is 16.6. The summed E-state index contributed by atoms with van der Waals surface area (Å²) < 4.78 is 4.20. The van der Waals surface area contributed by atoms with E-state index in [4.69, 9.17) is 0 Å². The molecule has 0 saturated carbocycles. The quantitative estimate of drug-likeness (QED) is 0.551. The second-order valence-electron chi connectivity index (χ2n) is 6.95. The lowest BCUT2D eigenvalue weighted by molar-refractivity contribution is -0.116. The van der Waals surface area contributed by atoms with E-state index in [0.717, 1.165) is 10.1 Å². The molecular formula is C20H18N8O2. The fourth-order valence-corrected chi connectivity index (χ4v) is 3.13. The van der Waals surface area contributed by atoms with Crippen molar-refractivity contribution in [3.05, 3.63) is 63.8 Å². The van der Waals surface area contributed by atoms with Gasteiger partial charge >= 0.3 is 0 Å². The number of amides is 1. The molecule has 4 rings (SSSR count). The highest BCUT2D eigenvalue weighted by atomic mass is 16.2. The fourth-order valence-electron chi connectivity index (χ4n) is 3.13. The normalized spacial score (nSPS) is 10.9. The molecule has 1 amide bonds. The monoisotopic (exact) mass is 402 g/mol. The maximum atomic E-state index is 12.6. The molecule has 0 aliphatic carbocycles. The molecule has 0 saturated heterocycles. The molecule has 10 nitrogen and oxygen atoms in total. The smallest absolute Gasteiger partial charge is 0.275 e. The number of fused-ring (bicyclic) bond motifs is 1. The molecule has 0 bridgehead atoms. The van der Waals surface area contributed by atoms with Gasteiger partial charge in [-0.15, -0.1) is 5.10 Å². The molecule has 30 heavy (non-hydrogen) atoms. The first kappa shape index (κ1) is 19.1. The fraction of sp³-hybridized carbons (Fsp3) is 0.200. The molecule has 3 heterocycles. The lowest BCUT2D eigenvalue weighted by atomic mass is 10.2. The summed E-state index contributed by atoms with van der Waals surface area (Å²) in [5.41, 5.74) is 2.53. The standard InChI is InChI=1S/C20H18N8O2/c1-12-4-6-14(7-5-12)22-17(29)11-27-13(2)8-18(30)28-20(27)23-19(25-28)15-10-26(3)24-16(15)9-21/h4-8,10H,11H2,1-3H3,(H,22,29). The highest BCUT2D eigenvalue weighted by molar-refractivity contribution is 5.90. The molecule has 4 aromatic rings. The van der Waals surface area contributed by atoms with Crippen LogP contribution in [0.3, 0.4) is 0 Å². The van der Waals surface area contributed by atoms with Crippen molar-refractivity contribution in [2.24, 2.45) is 7.05 Å². The molecule has 1 N–H and O–H groups in total. The lowest BCUT2D eigenvalue weighted by Gasteiger charge is -2.11. The number of rotatable bonds is 4. The molecule has 0 atom stereocenters.